The summed E-state index contributed by atoms with van der Waals surface area (Å²) in [4.78, 5) is 19.8. The van der Waals surface area contributed by atoms with E-state index in [1.807, 2.05) is 6.92 Å². The number of hydrogen-bond donors (Lipinski definition) is 2. The van der Waals surface area contributed by atoms with Gasteiger partial charge in [0.05, 0.1) is 11.9 Å². The number of aryl methyl sites for hydroxylation is 1. The number of pyridine rings is 2. The average Bonchev–Trinajstić information content (AvgIpc) is 2.32. The van der Waals surface area contributed by atoms with E-state index in [9.17, 15) is 4.79 Å². The summed E-state index contributed by atoms with van der Waals surface area (Å²) in [6.45, 7) is 1.83. The predicted molar refractivity (Wildman–Crippen MR) is 65.6 cm³/mol. The molecular formula is C12H12N4O. The number of amides is 1. The highest BCUT2D eigenvalue weighted by atomic mass is 16.1. The third-order valence-corrected chi connectivity index (χ3v) is 2.20. The van der Waals surface area contributed by atoms with Crippen LogP contribution in [0.1, 0.15) is 16.1 Å². The number of rotatable bonds is 2. The van der Waals surface area contributed by atoms with Crippen LogP contribution in [0.4, 0.5) is 11.5 Å². The fraction of sp³-hybridized carbons (Fsp3) is 0.0833. The van der Waals surface area contributed by atoms with Crippen molar-refractivity contribution in [2.24, 2.45) is 0 Å². The van der Waals surface area contributed by atoms with Crippen molar-refractivity contribution in [2.45, 2.75) is 6.92 Å². The molecule has 2 heterocycles. The molecule has 0 bridgehead atoms. The number of anilines is 2. The highest BCUT2D eigenvalue weighted by Gasteiger charge is 2.06. The van der Waals surface area contributed by atoms with Crippen LogP contribution in [0.3, 0.4) is 0 Å². The molecular weight excluding hydrogens is 216 g/mol. The molecule has 0 aromatic carbocycles. The number of nitrogen functional groups attached to an aromatic ring is 1. The van der Waals surface area contributed by atoms with Crippen molar-refractivity contribution in [1.82, 2.24) is 9.97 Å². The minimum absolute atomic E-state index is 0.193. The van der Waals surface area contributed by atoms with E-state index in [4.69, 9.17) is 5.73 Å². The van der Waals surface area contributed by atoms with Crippen LogP contribution in [0.5, 0.6) is 0 Å². The van der Waals surface area contributed by atoms with Gasteiger partial charge in [0.25, 0.3) is 5.91 Å². The first-order valence-electron chi connectivity index (χ1n) is 5.11. The third kappa shape index (κ3) is 2.78. The van der Waals surface area contributed by atoms with Crippen molar-refractivity contribution in [3.8, 4) is 0 Å². The molecule has 0 radical (unpaired) electrons. The van der Waals surface area contributed by atoms with Gasteiger partial charge in [0, 0.05) is 17.5 Å². The van der Waals surface area contributed by atoms with Crippen LogP contribution >= 0.6 is 0 Å². The highest BCUT2D eigenvalue weighted by Crippen LogP contribution is 2.09. The number of nitrogens with zero attached hydrogens (tertiary/aromatic N) is 2. The molecule has 2 rings (SSSR count). The summed E-state index contributed by atoms with van der Waals surface area (Å²) in [7, 11) is 0. The number of carbonyl (C=O) groups excluding carboxylic acids is 1. The first-order chi connectivity index (χ1) is 8.15. The van der Waals surface area contributed by atoms with Crippen LogP contribution in [0.25, 0.3) is 0 Å². The lowest BCUT2D eigenvalue weighted by atomic mass is 10.2. The van der Waals surface area contributed by atoms with Gasteiger partial charge in [-0.2, -0.15) is 0 Å². The van der Waals surface area contributed by atoms with Crippen LogP contribution in [0.15, 0.2) is 36.7 Å². The van der Waals surface area contributed by atoms with Gasteiger partial charge < -0.3 is 11.1 Å². The summed E-state index contributed by atoms with van der Waals surface area (Å²) in [5.41, 5.74) is 7.43. The number of carbonyl (C=O) groups is 1. The van der Waals surface area contributed by atoms with Gasteiger partial charge in [-0.25, -0.2) is 4.98 Å². The molecule has 0 aliphatic rings. The maximum Gasteiger partial charge on any atom is 0.255 e. The van der Waals surface area contributed by atoms with Gasteiger partial charge in [-0.05, 0) is 31.2 Å². The molecule has 1 amide bonds. The van der Waals surface area contributed by atoms with Crippen molar-refractivity contribution >= 4 is 17.4 Å². The van der Waals surface area contributed by atoms with E-state index in [1.54, 1.807) is 30.5 Å². The fourth-order valence-corrected chi connectivity index (χ4v) is 1.37. The summed E-state index contributed by atoms with van der Waals surface area (Å²) in [5, 5.41) is 2.73. The monoisotopic (exact) mass is 228 g/mol. The molecule has 0 aliphatic heterocycles. The summed E-state index contributed by atoms with van der Waals surface area (Å²) < 4.78 is 0. The van der Waals surface area contributed by atoms with Crippen molar-refractivity contribution in [3.63, 3.8) is 0 Å². The predicted octanol–water partition coefficient (Wildman–Crippen LogP) is 1.62. The molecule has 2 aromatic rings. The normalized spacial score (nSPS) is 9.94. The Bertz CT molecular complexity index is 536. The highest BCUT2D eigenvalue weighted by molar-refractivity contribution is 6.04. The van der Waals surface area contributed by atoms with Crippen LogP contribution in [0, 0.1) is 6.92 Å². The maximum atomic E-state index is 11.9. The first-order valence-corrected chi connectivity index (χ1v) is 5.11. The van der Waals surface area contributed by atoms with Gasteiger partial charge in [0.15, 0.2) is 0 Å². The number of nitrogens with one attached hydrogen (secondary N) is 1. The van der Waals surface area contributed by atoms with Gasteiger partial charge in [0.2, 0.25) is 0 Å². The fourth-order valence-electron chi connectivity index (χ4n) is 1.37. The van der Waals surface area contributed by atoms with Crippen molar-refractivity contribution < 1.29 is 4.79 Å². The van der Waals surface area contributed by atoms with Crippen LogP contribution < -0.4 is 11.1 Å². The smallest absolute Gasteiger partial charge is 0.255 e. The molecule has 17 heavy (non-hydrogen) atoms. The Labute approximate surface area is 98.7 Å². The minimum Gasteiger partial charge on any atom is -0.384 e. The topological polar surface area (TPSA) is 80.9 Å². The molecule has 0 spiro atoms. The minimum atomic E-state index is -0.193. The van der Waals surface area contributed by atoms with E-state index >= 15 is 0 Å². The van der Waals surface area contributed by atoms with E-state index in [2.05, 4.69) is 15.3 Å². The van der Waals surface area contributed by atoms with E-state index in [-0.39, 0.29) is 5.91 Å². The number of aromatic nitrogens is 2. The zero-order valence-corrected chi connectivity index (χ0v) is 9.34. The molecule has 3 N–H and O–H groups in total. The van der Waals surface area contributed by atoms with Crippen LogP contribution in [0.2, 0.25) is 0 Å². The summed E-state index contributed by atoms with van der Waals surface area (Å²) in [6.07, 6.45) is 3.12. The Balaban J connectivity index is 2.14. The van der Waals surface area contributed by atoms with Gasteiger partial charge in [0.1, 0.15) is 5.82 Å². The molecule has 5 heteroatoms. The van der Waals surface area contributed by atoms with Gasteiger partial charge >= 0.3 is 0 Å². The molecule has 0 fully saturated rings. The molecule has 0 aliphatic carbocycles. The second kappa shape index (κ2) is 4.61. The third-order valence-electron chi connectivity index (χ3n) is 2.20. The summed E-state index contributed by atoms with van der Waals surface area (Å²) in [5.74, 6) is 0.227. The van der Waals surface area contributed by atoms with E-state index < -0.39 is 0 Å². The van der Waals surface area contributed by atoms with Gasteiger partial charge in [-0.15, -0.1) is 0 Å². The molecule has 0 saturated carbocycles. The lowest BCUT2D eigenvalue weighted by Gasteiger charge is -2.05. The van der Waals surface area contributed by atoms with E-state index in [1.165, 1.54) is 6.20 Å². The largest absolute Gasteiger partial charge is 0.384 e. The molecule has 2 aromatic heterocycles. The average molecular weight is 228 g/mol. The Morgan fingerprint density at radius 3 is 2.76 bits per heavy atom. The van der Waals surface area contributed by atoms with Crippen molar-refractivity contribution in [1.29, 1.82) is 0 Å². The van der Waals surface area contributed by atoms with Crippen molar-refractivity contribution in [2.75, 3.05) is 11.1 Å². The standard InChI is InChI=1S/C12H12N4O/c1-8-6-9(4-5-14-8)12(17)16-10-2-3-11(13)15-7-10/h2-7H,1H3,(H2,13,15)(H,16,17). The Morgan fingerprint density at radius 1 is 1.29 bits per heavy atom. The van der Waals surface area contributed by atoms with Crippen LogP contribution in [-0.4, -0.2) is 15.9 Å². The van der Waals surface area contributed by atoms with E-state index in [0.717, 1.165) is 5.69 Å². The molecule has 86 valence electrons. The van der Waals surface area contributed by atoms with Crippen molar-refractivity contribution in [3.05, 3.63) is 47.9 Å². The van der Waals surface area contributed by atoms with Crippen LogP contribution in [-0.2, 0) is 0 Å². The Hall–Kier alpha value is -2.43. The zero-order valence-electron chi connectivity index (χ0n) is 9.34. The second-order valence-corrected chi connectivity index (χ2v) is 3.61. The lowest BCUT2D eigenvalue weighted by Crippen LogP contribution is -2.12. The summed E-state index contributed by atoms with van der Waals surface area (Å²) in [6, 6.07) is 6.72. The number of nitrogens with two attached hydrogens (primary N) is 1. The van der Waals surface area contributed by atoms with Gasteiger partial charge in [-0.1, -0.05) is 0 Å². The zero-order chi connectivity index (χ0) is 12.3. The second-order valence-electron chi connectivity index (χ2n) is 3.61. The Kier molecular flexibility index (Phi) is 3.00. The quantitative estimate of drug-likeness (QED) is 0.818. The number of hydrogen-bond acceptors (Lipinski definition) is 4. The summed E-state index contributed by atoms with van der Waals surface area (Å²) >= 11 is 0. The maximum absolute atomic E-state index is 11.9. The van der Waals surface area contributed by atoms with Gasteiger partial charge in [-0.3, -0.25) is 9.78 Å². The lowest BCUT2D eigenvalue weighted by molar-refractivity contribution is 0.102. The van der Waals surface area contributed by atoms with E-state index in [0.29, 0.717) is 17.1 Å². The SMILES string of the molecule is Cc1cc(C(=O)Nc2ccc(N)nc2)ccn1. The molecule has 0 saturated heterocycles. The molecule has 5 nitrogen and oxygen atoms in total. The molecule has 0 atom stereocenters. The molecule has 0 unspecified atom stereocenters. The first kappa shape index (κ1) is 11.1. The Morgan fingerprint density at radius 2 is 2.12 bits per heavy atom.